The Bertz CT molecular complexity index is 546. The molecule has 1 heterocycles. The molecule has 1 aromatic rings. The topological polar surface area (TPSA) is 64.6 Å². The number of benzene rings is 1. The number of halogens is 2. The molecule has 0 unspecified atom stereocenters. The lowest BCUT2D eigenvalue weighted by Crippen LogP contribution is -2.34. The van der Waals surface area contributed by atoms with Crippen LogP contribution in [0.15, 0.2) is 18.2 Å². The predicted molar refractivity (Wildman–Crippen MR) is 74.6 cm³/mol. The van der Waals surface area contributed by atoms with E-state index >= 15 is 0 Å². The van der Waals surface area contributed by atoms with E-state index in [1.165, 1.54) is 19.1 Å². The fourth-order valence-corrected chi connectivity index (χ4v) is 2.05. The number of hydrogen-bond donors (Lipinski definition) is 1. The van der Waals surface area contributed by atoms with Gasteiger partial charge in [-0.1, -0.05) is 11.6 Å². The molecule has 0 saturated carbocycles. The van der Waals surface area contributed by atoms with E-state index in [9.17, 15) is 14.0 Å². The van der Waals surface area contributed by atoms with Gasteiger partial charge in [0.15, 0.2) is 12.2 Å². The number of carbonyl (C=O) groups is 2. The molecule has 1 N–H and O–H groups in total. The summed E-state index contributed by atoms with van der Waals surface area (Å²) in [6.45, 7) is 1.92. The van der Waals surface area contributed by atoms with Crippen molar-refractivity contribution in [2.75, 3.05) is 11.9 Å². The first-order valence-corrected chi connectivity index (χ1v) is 6.93. The number of hydrogen-bond acceptors (Lipinski definition) is 4. The van der Waals surface area contributed by atoms with Crippen molar-refractivity contribution in [1.29, 1.82) is 0 Å². The van der Waals surface area contributed by atoms with Crippen molar-refractivity contribution in [2.45, 2.75) is 32.0 Å². The van der Waals surface area contributed by atoms with Crippen LogP contribution in [0.4, 0.5) is 10.1 Å². The maximum Gasteiger partial charge on any atom is 0.336 e. The third-order valence-electron chi connectivity index (χ3n) is 3.04. The lowest BCUT2D eigenvalue weighted by atomic mass is 10.2. The van der Waals surface area contributed by atoms with Gasteiger partial charge in [-0.15, -0.1) is 0 Å². The third kappa shape index (κ3) is 4.15. The Morgan fingerprint density at radius 1 is 1.52 bits per heavy atom. The first-order chi connectivity index (χ1) is 9.97. The molecule has 0 aromatic heterocycles. The second kappa shape index (κ2) is 6.87. The Kier molecular flexibility index (Phi) is 5.14. The minimum absolute atomic E-state index is 0.0237. The van der Waals surface area contributed by atoms with E-state index < -0.39 is 29.9 Å². The van der Waals surface area contributed by atoms with Crippen LogP contribution in [-0.4, -0.2) is 30.7 Å². The molecular weight excluding hydrogens is 301 g/mol. The average Bonchev–Trinajstić information content (AvgIpc) is 2.95. The number of nitrogens with one attached hydrogen (secondary N) is 1. The molecule has 21 heavy (non-hydrogen) atoms. The van der Waals surface area contributed by atoms with Crippen LogP contribution in [0, 0.1) is 5.82 Å². The monoisotopic (exact) mass is 315 g/mol. The fourth-order valence-electron chi connectivity index (χ4n) is 1.89. The number of amides is 1. The standard InChI is InChI=1S/C14H15ClFNO4/c1-8(21-14(19)12-3-2-6-20-12)13(18)17-11-5-4-9(15)7-10(11)16/h4-5,7-8,12H,2-3,6H2,1H3,(H,17,18)/t8-,12-/m1/s1. The van der Waals surface area contributed by atoms with Gasteiger partial charge in [0.2, 0.25) is 0 Å². The van der Waals surface area contributed by atoms with Crippen LogP contribution in [0.1, 0.15) is 19.8 Å². The van der Waals surface area contributed by atoms with E-state index in [0.29, 0.717) is 13.0 Å². The van der Waals surface area contributed by atoms with Gasteiger partial charge >= 0.3 is 5.97 Å². The number of ether oxygens (including phenoxy) is 2. The summed E-state index contributed by atoms with van der Waals surface area (Å²) in [7, 11) is 0. The zero-order valence-electron chi connectivity index (χ0n) is 11.4. The van der Waals surface area contributed by atoms with E-state index in [0.717, 1.165) is 12.5 Å². The molecule has 1 aliphatic rings. The molecule has 1 aliphatic heterocycles. The van der Waals surface area contributed by atoms with Gasteiger partial charge in [0.05, 0.1) is 5.69 Å². The zero-order valence-corrected chi connectivity index (χ0v) is 12.2. The first-order valence-electron chi connectivity index (χ1n) is 6.55. The highest BCUT2D eigenvalue weighted by molar-refractivity contribution is 6.30. The summed E-state index contributed by atoms with van der Waals surface area (Å²) in [5.41, 5.74) is -0.0237. The van der Waals surface area contributed by atoms with Crippen LogP contribution in [-0.2, 0) is 19.1 Å². The second-order valence-corrected chi connectivity index (χ2v) is 5.13. The van der Waals surface area contributed by atoms with Gasteiger partial charge < -0.3 is 14.8 Å². The fraction of sp³-hybridized carbons (Fsp3) is 0.429. The average molecular weight is 316 g/mol. The van der Waals surface area contributed by atoms with Gasteiger partial charge in [-0.25, -0.2) is 9.18 Å². The van der Waals surface area contributed by atoms with E-state index in [1.54, 1.807) is 0 Å². The van der Waals surface area contributed by atoms with Gasteiger partial charge in [0.1, 0.15) is 5.82 Å². The van der Waals surface area contributed by atoms with Crippen LogP contribution >= 0.6 is 11.6 Å². The van der Waals surface area contributed by atoms with Gasteiger partial charge in [-0.05, 0) is 38.0 Å². The van der Waals surface area contributed by atoms with Crippen molar-refractivity contribution >= 4 is 29.2 Å². The number of carbonyl (C=O) groups excluding carboxylic acids is 2. The minimum atomic E-state index is -1.04. The molecule has 1 fully saturated rings. The molecule has 7 heteroatoms. The van der Waals surface area contributed by atoms with E-state index in [-0.39, 0.29) is 10.7 Å². The minimum Gasteiger partial charge on any atom is -0.451 e. The van der Waals surface area contributed by atoms with Crippen molar-refractivity contribution < 1.29 is 23.5 Å². The zero-order chi connectivity index (χ0) is 15.4. The largest absolute Gasteiger partial charge is 0.451 e. The molecule has 0 radical (unpaired) electrons. The molecule has 114 valence electrons. The Balaban J connectivity index is 1.91. The van der Waals surface area contributed by atoms with Crippen LogP contribution < -0.4 is 5.32 Å². The maximum atomic E-state index is 13.6. The lowest BCUT2D eigenvalue weighted by molar-refractivity contribution is -0.162. The molecular formula is C14H15ClFNO4. The van der Waals surface area contributed by atoms with E-state index in [2.05, 4.69) is 5.32 Å². The van der Waals surface area contributed by atoms with Crippen molar-refractivity contribution in [3.8, 4) is 0 Å². The highest BCUT2D eigenvalue weighted by Crippen LogP contribution is 2.19. The summed E-state index contributed by atoms with van der Waals surface area (Å²) < 4.78 is 23.7. The van der Waals surface area contributed by atoms with Crippen molar-refractivity contribution in [3.63, 3.8) is 0 Å². The molecule has 0 bridgehead atoms. The van der Waals surface area contributed by atoms with Gasteiger partial charge in [-0.2, -0.15) is 0 Å². The summed E-state index contributed by atoms with van der Waals surface area (Å²) in [5, 5.41) is 2.57. The SMILES string of the molecule is C[C@@H](OC(=O)[C@H]1CCCO1)C(=O)Nc1ccc(Cl)cc1F. The summed E-state index contributed by atoms with van der Waals surface area (Å²) in [5.74, 6) is -1.86. The summed E-state index contributed by atoms with van der Waals surface area (Å²) in [6.07, 6.45) is -0.292. The molecule has 0 aliphatic carbocycles. The maximum absolute atomic E-state index is 13.6. The Hall–Kier alpha value is -1.66. The first kappa shape index (κ1) is 15.7. The molecule has 2 atom stereocenters. The molecule has 2 rings (SSSR count). The highest BCUT2D eigenvalue weighted by atomic mass is 35.5. The number of anilines is 1. The molecule has 1 amide bonds. The van der Waals surface area contributed by atoms with Crippen molar-refractivity contribution in [3.05, 3.63) is 29.0 Å². The summed E-state index contributed by atoms with van der Waals surface area (Å²) in [6, 6.07) is 3.87. The summed E-state index contributed by atoms with van der Waals surface area (Å²) in [4.78, 5) is 23.6. The van der Waals surface area contributed by atoms with E-state index in [1.807, 2.05) is 0 Å². The summed E-state index contributed by atoms with van der Waals surface area (Å²) >= 11 is 5.62. The normalized spacial score (nSPS) is 19.1. The van der Waals surface area contributed by atoms with Crippen LogP contribution in [0.2, 0.25) is 5.02 Å². The van der Waals surface area contributed by atoms with Gasteiger partial charge in [0, 0.05) is 11.6 Å². The Labute approximate surface area is 126 Å². The molecule has 1 aromatic carbocycles. The highest BCUT2D eigenvalue weighted by Gasteiger charge is 2.28. The quantitative estimate of drug-likeness (QED) is 0.867. The Morgan fingerprint density at radius 2 is 2.29 bits per heavy atom. The number of esters is 1. The lowest BCUT2D eigenvalue weighted by Gasteiger charge is -2.16. The molecule has 5 nitrogen and oxygen atoms in total. The van der Waals surface area contributed by atoms with Crippen LogP contribution in [0.5, 0.6) is 0 Å². The smallest absolute Gasteiger partial charge is 0.336 e. The van der Waals surface area contributed by atoms with Crippen LogP contribution in [0.3, 0.4) is 0 Å². The molecule has 0 spiro atoms. The number of rotatable bonds is 4. The molecule has 1 saturated heterocycles. The van der Waals surface area contributed by atoms with E-state index in [4.69, 9.17) is 21.1 Å². The van der Waals surface area contributed by atoms with Gasteiger partial charge in [-0.3, -0.25) is 4.79 Å². The van der Waals surface area contributed by atoms with Crippen molar-refractivity contribution in [2.24, 2.45) is 0 Å². The Morgan fingerprint density at radius 3 is 2.90 bits per heavy atom. The third-order valence-corrected chi connectivity index (χ3v) is 3.28. The van der Waals surface area contributed by atoms with Crippen molar-refractivity contribution in [1.82, 2.24) is 0 Å². The van der Waals surface area contributed by atoms with Gasteiger partial charge in [0.25, 0.3) is 5.91 Å². The second-order valence-electron chi connectivity index (χ2n) is 4.69. The predicted octanol–water partition coefficient (Wildman–Crippen LogP) is 2.53. The van der Waals surface area contributed by atoms with Crippen LogP contribution in [0.25, 0.3) is 0 Å².